The Balaban J connectivity index is 1.55. The SMILES string of the molecule is Cn1cnc(-c2ccc3c(c2)c(C2CCN(CCCO)CC2)cn3-c2ccc(F)cc2)n1. The zero-order valence-electron chi connectivity index (χ0n) is 18.3. The first-order chi connectivity index (χ1) is 15.6. The molecular weight excluding hydrogens is 405 g/mol. The van der Waals surface area contributed by atoms with Crippen molar-refractivity contribution in [1.29, 1.82) is 0 Å². The number of likely N-dealkylation sites (tertiary alicyclic amines) is 1. The zero-order valence-corrected chi connectivity index (χ0v) is 18.3. The molecule has 0 saturated carbocycles. The van der Waals surface area contributed by atoms with Crippen LogP contribution in [0.15, 0.2) is 55.0 Å². The Kier molecular flexibility index (Phi) is 5.76. The van der Waals surface area contributed by atoms with Crippen molar-refractivity contribution in [1.82, 2.24) is 24.2 Å². The molecule has 4 aromatic rings. The fourth-order valence-corrected chi connectivity index (χ4v) is 4.77. The van der Waals surface area contributed by atoms with E-state index in [9.17, 15) is 4.39 Å². The van der Waals surface area contributed by atoms with Crippen LogP contribution in [-0.2, 0) is 7.05 Å². The topological polar surface area (TPSA) is 59.1 Å². The van der Waals surface area contributed by atoms with Gasteiger partial charge in [0.1, 0.15) is 12.1 Å². The predicted molar refractivity (Wildman–Crippen MR) is 123 cm³/mol. The smallest absolute Gasteiger partial charge is 0.181 e. The molecule has 2 aromatic carbocycles. The molecule has 32 heavy (non-hydrogen) atoms. The van der Waals surface area contributed by atoms with Crippen LogP contribution in [0.5, 0.6) is 0 Å². The Morgan fingerprint density at radius 3 is 2.56 bits per heavy atom. The molecule has 1 aliphatic rings. The Morgan fingerprint density at radius 2 is 1.88 bits per heavy atom. The summed E-state index contributed by atoms with van der Waals surface area (Å²) in [5.74, 6) is 0.939. The van der Waals surface area contributed by atoms with Gasteiger partial charge in [0.25, 0.3) is 0 Å². The molecule has 3 heterocycles. The van der Waals surface area contributed by atoms with Crippen molar-refractivity contribution < 1.29 is 9.50 Å². The van der Waals surface area contributed by atoms with Crippen LogP contribution in [0.1, 0.15) is 30.7 Å². The number of nitrogens with zero attached hydrogens (tertiary/aromatic N) is 5. The van der Waals surface area contributed by atoms with Crippen LogP contribution in [0.4, 0.5) is 4.39 Å². The van der Waals surface area contributed by atoms with E-state index >= 15 is 0 Å². The summed E-state index contributed by atoms with van der Waals surface area (Å²) in [6.07, 6.45) is 6.93. The molecule has 1 saturated heterocycles. The highest BCUT2D eigenvalue weighted by Crippen LogP contribution is 2.37. The Labute approximate surface area is 186 Å². The van der Waals surface area contributed by atoms with Gasteiger partial charge >= 0.3 is 0 Å². The lowest BCUT2D eigenvalue weighted by atomic mass is 9.89. The van der Waals surface area contributed by atoms with E-state index in [0.717, 1.165) is 55.7 Å². The summed E-state index contributed by atoms with van der Waals surface area (Å²) in [5.41, 5.74) is 4.38. The van der Waals surface area contributed by atoms with Crippen LogP contribution in [0.2, 0.25) is 0 Å². The maximum Gasteiger partial charge on any atom is 0.181 e. The highest BCUT2D eigenvalue weighted by atomic mass is 19.1. The van der Waals surface area contributed by atoms with Crippen LogP contribution in [0, 0.1) is 5.82 Å². The number of rotatable bonds is 6. The number of benzene rings is 2. The van der Waals surface area contributed by atoms with Gasteiger partial charge in [0.2, 0.25) is 0 Å². The van der Waals surface area contributed by atoms with E-state index in [0.29, 0.717) is 11.7 Å². The number of aliphatic hydroxyl groups is 1. The van der Waals surface area contributed by atoms with Crippen molar-refractivity contribution >= 4 is 10.9 Å². The fraction of sp³-hybridized carbons (Fsp3) is 0.360. The van der Waals surface area contributed by atoms with Gasteiger partial charge in [0.15, 0.2) is 5.82 Å². The standard InChI is InChI=1S/C25H28FN5O/c1-29-17-27-25(28-29)19-3-8-24-22(15-19)23(16-31(24)21-6-4-20(26)5-7-21)18-9-12-30(13-10-18)11-2-14-32/h3-8,15-18,32H,2,9-14H2,1H3. The van der Waals surface area contributed by atoms with Gasteiger partial charge in [-0.25, -0.2) is 9.37 Å². The second kappa shape index (κ2) is 8.84. The molecule has 5 rings (SSSR count). The summed E-state index contributed by atoms with van der Waals surface area (Å²) in [5, 5.41) is 14.8. The van der Waals surface area contributed by atoms with Crippen LogP contribution < -0.4 is 0 Å². The minimum atomic E-state index is -0.232. The second-order valence-electron chi connectivity index (χ2n) is 8.60. The summed E-state index contributed by atoms with van der Waals surface area (Å²) in [6, 6.07) is 13.0. The number of aryl methyl sites for hydroxylation is 1. The van der Waals surface area contributed by atoms with Gasteiger partial charge in [-0.05, 0) is 86.3 Å². The van der Waals surface area contributed by atoms with E-state index in [2.05, 4.69) is 43.9 Å². The van der Waals surface area contributed by atoms with Crippen LogP contribution in [0.25, 0.3) is 28.0 Å². The molecule has 0 aliphatic carbocycles. The molecule has 1 aliphatic heterocycles. The van der Waals surface area contributed by atoms with Gasteiger partial charge in [-0.1, -0.05) is 0 Å². The molecule has 1 fully saturated rings. The molecule has 1 N–H and O–H groups in total. The number of fused-ring (bicyclic) bond motifs is 1. The third-order valence-corrected chi connectivity index (χ3v) is 6.46. The largest absolute Gasteiger partial charge is 0.396 e. The highest BCUT2D eigenvalue weighted by molar-refractivity contribution is 5.89. The van der Waals surface area contributed by atoms with E-state index in [1.54, 1.807) is 11.0 Å². The van der Waals surface area contributed by atoms with Crippen molar-refractivity contribution in [3.63, 3.8) is 0 Å². The molecule has 2 aromatic heterocycles. The van der Waals surface area contributed by atoms with Gasteiger partial charge in [-0.2, -0.15) is 5.10 Å². The maximum atomic E-state index is 13.5. The molecule has 0 spiro atoms. The quantitative estimate of drug-likeness (QED) is 0.497. The van der Waals surface area contributed by atoms with E-state index in [4.69, 9.17) is 5.11 Å². The lowest BCUT2D eigenvalue weighted by Gasteiger charge is -2.31. The second-order valence-corrected chi connectivity index (χ2v) is 8.60. The minimum Gasteiger partial charge on any atom is -0.396 e. The summed E-state index contributed by atoms with van der Waals surface area (Å²) < 4.78 is 17.4. The van der Waals surface area contributed by atoms with E-state index < -0.39 is 0 Å². The molecule has 6 nitrogen and oxygen atoms in total. The molecule has 0 radical (unpaired) electrons. The fourth-order valence-electron chi connectivity index (χ4n) is 4.77. The number of aliphatic hydroxyl groups excluding tert-OH is 1. The first-order valence-corrected chi connectivity index (χ1v) is 11.2. The summed E-state index contributed by atoms with van der Waals surface area (Å²) in [7, 11) is 1.87. The van der Waals surface area contributed by atoms with Gasteiger partial charge < -0.3 is 14.6 Å². The molecule has 0 atom stereocenters. The third-order valence-electron chi connectivity index (χ3n) is 6.46. The molecule has 7 heteroatoms. The summed E-state index contributed by atoms with van der Waals surface area (Å²) in [6.45, 7) is 3.27. The van der Waals surface area contributed by atoms with Gasteiger partial charge in [0, 0.05) is 43.0 Å². The number of hydrogen-bond acceptors (Lipinski definition) is 4. The Bertz CT molecular complexity index is 1210. The van der Waals surface area contributed by atoms with Crippen LogP contribution >= 0.6 is 0 Å². The van der Waals surface area contributed by atoms with Gasteiger partial charge in [-0.15, -0.1) is 0 Å². The average molecular weight is 434 g/mol. The number of piperidine rings is 1. The van der Waals surface area contributed by atoms with Gasteiger partial charge in [-0.3, -0.25) is 4.68 Å². The molecular formula is C25H28FN5O. The Morgan fingerprint density at radius 1 is 1.09 bits per heavy atom. The van der Waals surface area contributed by atoms with Crippen molar-refractivity contribution in [2.45, 2.75) is 25.2 Å². The summed E-state index contributed by atoms with van der Waals surface area (Å²) >= 11 is 0. The molecule has 0 bridgehead atoms. The lowest BCUT2D eigenvalue weighted by molar-refractivity contribution is 0.188. The first-order valence-electron chi connectivity index (χ1n) is 11.2. The van der Waals surface area contributed by atoms with E-state index in [-0.39, 0.29) is 12.4 Å². The maximum absolute atomic E-state index is 13.5. The van der Waals surface area contributed by atoms with E-state index in [1.165, 1.54) is 23.1 Å². The van der Waals surface area contributed by atoms with Crippen LogP contribution in [-0.4, -0.2) is 55.6 Å². The number of hydrogen-bond donors (Lipinski definition) is 1. The van der Waals surface area contributed by atoms with Gasteiger partial charge in [0.05, 0.1) is 5.52 Å². The molecule has 166 valence electrons. The average Bonchev–Trinajstić information content (AvgIpc) is 3.42. The third kappa shape index (κ3) is 4.06. The minimum absolute atomic E-state index is 0.232. The molecule has 0 amide bonds. The monoisotopic (exact) mass is 433 g/mol. The van der Waals surface area contributed by atoms with Crippen molar-refractivity contribution in [2.75, 3.05) is 26.2 Å². The summed E-state index contributed by atoms with van der Waals surface area (Å²) in [4.78, 5) is 6.86. The van der Waals surface area contributed by atoms with Crippen molar-refractivity contribution in [2.24, 2.45) is 7.05 Å². The first kappa shape index (κ1) is 20.8. The normalized spacial score (nSPS) is 15.6. The predicted octanol–water partition coefficient (Wildman–Crippen LogP) is 4.13. The molecule has 0 unspecified atom stereocenters. The highest BCUT2D eigenvalue weighted by Gasteiger charge is 2.24. The van der Waals surface area contributed by atoms with E-state index in [1.807, 2.05) is 19.2 Å². The lowest BCUT2D eigenvalue weighted by Crippen LogP contribution is -2.34. The zero-order chi connectivity index (χ0) is 22.1. The van der Waals surface area contributed by atoms with Crippen molar-refractivity contribution in [3.8, 4) is 17.1 Å². The van der Waals surface area contributed by atoms with Crippen molar-refractivity contribution in [3.05, 3.63) is 66.4 Å². The number of halogens is 1. The Hall–Kier alpha value is -3.03. The van der Waals surface area contributed by atoms with Crippen LogP contribution in [0.3, 0.4) is 0 Å². The number of aromatic nitrogens is 4.